The minimum Gasteiger partial charge on any atom is -0.495 e. The zero-order valence-electron chi connectivity index (χ0n) is 18.7. The summed E-state index contributed by atoms with van der Waals surface area (Å²) < 4.78 is 10.6. The predicted octanol–water partition coefficient (Wildman–Crippen LogP) is 4.55. The number of methoxy groups -OCH3 is 1. The van der Waals surface area contributed by atoms with E-state index in [1.165, 1.54) is 38.3 Å². The van der Waals surface area contributed by atoms with Crippen LogP contribution in [0.3, 0.4) is 0 Å². The lowest BCUT2D eigenvalue weighted by atomic mass is 10.1. The van der Waals surface area contributed by atoms with Gasteiger partial charge in [-0.25, -0.2) is 9.69 Å². The number of carbonyl (C=O) groups is 4. The second kappa shape index (κ2) is 9.82. The Kier molecular flexibility index (Phi) is 6.66. The van der Waals surface area contributed by atoms with Crippen molar-refractivity contribution in [3.05, 3.63) is 94.7 Å². The Hall–Kier alpha value is -4.43. The van der Waals surface area contributed by atoms with E-state index in [1.807, 2.05) is 0 Å². The first-order chi connectivity index (χ1) is 16.8. The van der Waals surface area contributed by atoms with Crippen molar-refractivity contribution in [2.75, 3.05) is 17.3 Å². The molecule has 0 aromatic heterocycles. The minimum atomic E-state index is -0.681. The Morgan fingerprint density at radius 1 is 0.857 bits per heavy atom. The number of ketones is 1. The maximum atomic E-state index is 13.0. The molecule has 0 saturated heterocycles. The summed E-state index contributed by atoms with van der Waals surface area (Å²) in [5, 5.41) is 2.59. The summed E-state index contributed by atoms with van der Waals surface area (Å²) in [6, 6.07) is 18.9. The van der Waals surface area contributed by atoms with Gasteiger partial charge in [-0.1, -0.05) is 23.7 Å². The standard InChI is InChI=1S/C26H19ClN2O6/c1-15(30)16-9-13-19(14-10-16)35-26(33)17-7-11-18(12-8-17)28-23-22(27)24(31)29(25(23)32)20-5-3-4-6-21(20)34-2/h3-14,28H,1-2H3. The summed E-state index contributed by atoms with van der Waals surface area (Å²) in [7, 11) is 1.44. The van der Waals surface area contributed by atoms with Crippen molar-refractivity contribution < 1.29 is 28.7 Å². The van der Waals surface area contributed by atoms with Crippen LogP contribution in [0.5, 0.6) is 11.5 Å². The van der Waals surface area contributed by atoms with Crippen molar-refractivity contribution in [2.45, 2.75) is 6.92 Å². The molecule has 0 unspecified atom stereocenters. The molecule has 35 heavy (non-hydrogen) atoms. The highest BCUT2D eigenvalue weighted by molar-refractivity contribution is 6.53. The molecule has 3 aromatic carbocycles. The van der Waals surface area contributed by atoms with Gasteiger partial charge in [0.15, 0.2) is 5.78 Å². The average Bonchev–Trinajstić information content (AvgIpc) is 3.07. The Morgan fingerprint density at radius 2 is 1.49 bits per heavy atom. The molecular formula is C26H19ClN2O6. The van der Waals surface area contributed by atoms with Gasteiger partial charge in [0.25, 0.3) is 11.8 Å². The highest BCUT2D eigenvalue weighted by Gasteiger charge is 2.40. The van der Waals surface area contributed by atoms with Crippen LogP contribution in [0.1, 0.15) is 27.6 Å². The second-order valence-electron chi connectivity index (χ2n) is 7.48. The zero-order valence-corrected chi connectivity index (χ0v) is 19.5. The van der Waals surface area contributed by atoms with Crippen LogP contribution >= 0.6 is 11.6 Å². The summed E-state index contributed by atoms with van der Waals surface area (Å²) in [4.78, 5) is 50.4. The van der Waals surface area contributed by atoms with Gasteiger partial charge in [-0.15, -0.1) is 0 Å². The quantitative estimate of drug-likeness (QED) is 0.224. The SMILES string of the molecule is COc1ccccc1N1C(=O)C(Cl)=C(Nc2ccc(C(=O)Oc3ccc(C(C)=O)cc3)cc2)C1=O. The molecule has 176 valence electrons. The number of imide groups is 1. The fraction of sp³-hybridized carbons (Fsp3) is 0.0769. The first-order valence-electron chi connectivity index (χ1n) is 10.4. The van der Waals surface area contributed by atoms with Gasteiger partial charge in [0.1, 0.15) is 22.2 Å². The topological polar surface area (TPSA) is 102 Å². The Balaban J connectivity index is 1.47. The van der Waals surface area contributed by atoms with E-state index in [-0.39, 0.29) is 27.8 Å². The van der Waals surface area contributed by atoms with E-state index in [0.717, 1.165) is 4.90 Å². The first-order valence-corrected chi connectivity index (χ1v) is 10.8. The van der Waals surface area contributed by atoms with Crippen molar-refractivity contribution in [3.8, 4) is 11.5 Å². The summed E-state index contributed by atoms with van der Waals surface area (Å²) in [5.41, 5.74) is 1.38. The van der Waals surface area contributed by atoms with Crippen LogP contribution in [0.4, 0.5) is 11.4 Å². The Bertz CT molecular complexity index is 1360. The van der Waals surface area contributed by atoms with E-state index < -0.39 is 17.8 Å². The van der Waals surface area contributed by atoms with Gasteiger partial charge in [-0.2, -0.15) is 0 Å². The van der Waals surface area contributed by atoms with Crippen LogP contribution in [0, 0.1) is 0 Å². The largest absolute Gasteiger partial charge is 0.495 e. The lowest BCUT2D eigenvalue weighted by Gasteiger charge is -2.17. The lowest BCUT2D eigenvalue weighted by Crippen LogP contribution is -2.32. The number of nitrogens with one attached hydrogen (secondary N) is 1. The second-order valence-corrected chi connectivity index (χ2v) is 7.86. The van der Waals surface area contributed by atoms with E-state index in [1.54, 1.807) is 48.5 Å². The van der Waals surface area contributed by atoms with E-state index in [4.69, 9.17) is 21.1 Å². The van der Waals surface area contributed by atoms with E-state index in [0.29, 0.717) is 22.7 Å². The van der Waals surface area contributed by atoms with Crippen LogP contribution < -0.4 is 19.7 Å². The summed E-state index contributed by atoms with van der Waals surface area (Å²) in [6.45, 7) is 1.45. The van der Waals surface area contributed by atoms with Crippen LogP contribution in [-0.2, 0) is 9.59 Å². The summed E-state index contributed by atoms with van der Waals surface area (Å²) in [6.07, 6.45) is 0. The molecule has 1 aliphatic heterocycles. The van der Waals surface area contributed by atoms with Crippen molar-refractivity contribution in [3.63, 3.8) is 0 Å². The number of rotatable bonds is 7. The predicted molar refractivity (Wildman–Crippen MR) is 130 cm³/mol. The molecule has 0 spiro atoms. The number of Topliss-reactive ketones (excluding diaryl/α,β-unsaturated/α-hetero) is 1. The van der Waals surface area contributed by atoms with Gasteiger partial charge >= 0.3 is 5.97 Å². The van der Waals surface area contributed by atoms with Crippen LogP contribution in [0.15, 0.2) is 83.5 Å². The monoisotopic (exact) mass is 490 g/mol. The number of para-hydroxylation sites is 2. The Morgan fingerprint density at radius 3 is 2.11 bits per heavy atom. The molecule has 0 fully saturated rings. The summed E-state index contributed by atoms with van der Waals surface area (Å²) >= 11 is 6.19. The minimum absolute atomic E-state index is 0.0883. The van der Waals surface area contributed by atoms with Crippen molar-refractivity contribution in [2.24, 2.45) is 0 Å². The maximum absolute atomic E-state index is 13.0. The molecule has 0 aliphatic carbocycles. The van der Waals surface area contributed by atoms with Gasteiger partial charge in [-0.3, -0.25) is 14.4 Å². The number of hydrogen-bond donors (Lipinski definition) is 1. The smallest absolute Gasteiger partial charge is 0.343 e. The van der Waals surface area contributed by atoms with E-state index >= 15 is 0 Å². The normalized spacial score (nSPS) is 13.2. The third-order valence-electron chi connectivity index (χ3n) is 5.21. The molecule has 0 radical (unpaired) electrons. The number of hydrogen-bond acceptors (Lipinski definition) is 7. The number of amides is 2. The van der Waals surface area contributed by atoms with Gasteiger partial charge < -0.3 is 14.8 Å². The van der Waals surface area contributed by atoms with Crippen molar-refractivity contribution >= 4 is 46.5 Å². The third-order valence-corrected chi connectivity index (χ3v) is 5.57. The van der Waals surface area contributed by atoms with Crippen LogP contribution in [0.2, 0.25) is 0 Å². The molecule has 1 N–H and O–H groups in total. The van der Waals surface area contributed by atoms with E-state index in [2.05, 4.69) is 5.32 Å². The highest BCUT2D eigenvalue weighted by atomic mass is 35.5. The maximum Gasteiger partial charge on any atom is 0.343 e. The zero-order chi connectivity index (χ0) is 25.1. The molecular weight excluding hydrogens is 472 g/mol. The number of carbonyl (C=O) groups excluding carboxylic acids is 4. The molecule has 8 nitrogen and oxygen atoms in total. The number of anilines is 2. The fourth-order valence-electron chi connectivity index (χ4n) is 3.40. The van der Waals surface area contributed by atoms with Gasteiger partial charge in [0.2, 0.25) is 0 Å². The van der Waals surface area contributed by atoms with Crippen molar-refractivity contribution in [1.82, 2.24) is 0 Å². The van der Waals surface area contributed by atoms with Crippen LogP contribution in [0.25, 0.3) is 0 Å². The molecule has 0 saturated carbocycles. The molecule has 0 atom stereocenters. The van der Waals surface area contributed by atoms with E-state index in [9.17, 15) is 19.2 Å². The van der Waals surface area contributed by atoms with Gasteiger partial charge in [-0.05, 0) is 67.6 Å². The molecule has 1 aliphatic rings. The fourth-order valence-corrected chi connectivity index (χ4v) is 3.61. The lowest BCUT2D eigenvalue weighted by molar-refractivity contribution is -0.120. The summed E-state index contributed by atoms with van der Waals surface area (Å²) in [5.74, 6) is -1.36. The highest BCUT2D eigenvalue weighted by Crippen LogP contribution is 2.35. The Labute approximate surface area is 205 Å². The average molecular weight is 491 g/mol. The number of nitrogens with zero attached hydrogens (tertiary/aromatic N) is 1. The number of halogens is 1. The number of benzene rings is 3. The molecule has 2 amide bonds. The van der Waals surface area contributed by atoms with Crippen molar-refractivity contribution in [1.29, 1.82) is 0 Å². The first kappa shape index (κ1) is 23.7. The van der Waals surface area contributed by atoms with Crippen LogP contribution in [-0.4, -0.2) is 30.7 Å². The van der Waals surface area contributed by atoms with Gasteiger partial charge in [0.05, 0.1) is 18.4 Å². The molecule has 0 bridgehead atoms. The molecule has 4 rings (SSSR count). The molecule has 9 heteroatoms. The third kappa shape index (κ3) is 4.78. The molecule has 3 aromatic rings. The number of esters is 1. The van der Waals surface area contributed by atoms with Gasteiger partial charge in [0, 0.05) is 11.3 Å². The number of ether oxygens (including phenoxy) is 2. The molecule has 1 heterocycles.